The number of anilines is 1. The molecule has 5 amide bonds. The molecule has 0 bridgehead atoms. The summed E-state index contributed by atoms with van der Waals surface area (Å²) < 4.78 is 27.8. The zero-order valence-corrected chi connectivity index (χ0v) is 26.1. The Morgan fingerprint density at radius 1 is 0.826 bits per heavy atom. The number of carbonyl (C=O) groups is 4. The number of fused-ring (bicyclic) bond motifs is 1. The van der Waals surface area contributed by atoms with Gasteiger partial charge in [-0.05, 0) is 75.4 Å². The maximum Gasteiger partial charge on any atom is 0.322 e. The second-order valence-corrected chi connectivity index (χ2v) is 12.9. The average Bonchev–Trinajstić information content (AvgIpc) is 3.07. The summed E-state index contributed by atoms with van der Waals surface area (Å²) in [6.45, 7) is 4.48. The first-order chi connectivity index (χ1) is 22.2. The number of rotatable bonds is 7. The van der Waals surface area contributed by atoms with Crippen LogP contribution in [0.1, 0.15) is 67.3 Å². The van der Waals surface area contributed by atoms with Gasteiger partial charge in [0.05, 0.1) is 6.42 Å². The highest BCUT2D eigenvalue weighted by atomic mass is 19.1. The first-order valence-electron chi connectivity index (χ1n) is 16.5. The Balaban J connectivity index is 1.09. The van der Waals surface area contributed by atoms with E-state index in [1.807, 2.05) is 29.2 Å². The van der Waals surface area contributed by atoms with Crippen LogP contribution in [0.2, 0.25) is 0 Å². The lowest BCUT2D eigenvalue weighted by Gasteiger charge is -2.41. The Bertz CT molecular complexity index is 1430. The third-order valence-electron chi connectivity index (χ3n) is 9.91. The van der Waals surface area contributed by atoms with Crippen molar-refractivity contribution < 1.29 is 28.0 Å². The number of carbonyl (C=O) groups excluding carboxylic acids is 4. The Kier molecular flexibility index (Phi) is 9.81. The predicted octanol–water partition coefficient (Wildman–Crippen LogP) is 3.97. The summed E-state index contributed by atoms with van der Waals surface area (Å²) in [5.74, 6) is -3.29. The van der Waals surface area contributed by atoms with Crippen LogP contribution < -0.4 is 10.6 Å². The number of benzene rings is 2. The van der Waals surface area contributed by atoms with Crippen LogP contribution >= 0.6 is 0 Å². The Morgan fingerprint density at radius 2 is 1.46 bits per heavy atom. The molecule has 2 aromatic carbocycles. The summed E-state index contributed by atoms with van der Waals surface area (Å²) in [5, 5.41) is 5.57. The number of nitrogens with one attached hydrogen (secondary N) is 2. The van der Waals surface area contributed by atoms with Gasteiger partial charge in [-0.25, -0.2) is 13.6 Å². The molecule has 0 aliphatic carbocycles. The van der Waals surface area contributed by atoms with Crippen LogP contribution in [0.25, 0.3) is 0 Å². The van der Waals surface area contributed by atoms with Crippen LogP contribution in [-0.2, 0) is 16.1 Å². The fraction of sp³-hybridized carbons (Fsp3) is 0.529. The lowest BCUT2D eigenvalue weighted by atomic mass is 9.98. The van der Waals surface area contributed by atoms with E-state index in [0.717, 1.165) is 49.3 Å². The number of likely N-dealkylation sites (tertiary alicyclic amines) is 3. The lowest BCUT2D eigenvalue weighted by Crippen LogP contribution is -2.55. The number of urea groups is 1. The van der Waals surface area contributed by atoms with Gasteiger partial charge in [-0.15, -0.1) is 0 Å². The van der Waals surface area contributed by atoms with Crippen molar-refractivity contribution in [1.82, 2.24) is 24.9 Å². The smallest absolute Gasteiger partial charge is 0.322 e. The van der Waals surface area contributed by atoms with Crippen LogP contribution in [0.4, 0.5) is 19.3 Å². The second-order valence-electron chi connectivity index (χ2n) is 12.9. The molecule has 3 saturated heterocycles. The zero-order chi connectivity index (χ0) is 32.2. The molecule has 6 rings (SSSR count). The van der Waals surface area contributed by atoms with Crippen LogP contribution in [0.3, 0.4) is 0 Å². The van der Waals surface area contributed by atoms with Crippen molar-refractivity contribution in [2.75, 3.05) is 44.6 Å². The molecule has 0 saturated carbocycles. The maximum absolute atomic E-state index is 13.9. The van der Waals surface area contributed by atoms with Gasteiger partial charge >= 0.3 is 6.03 Å². The van der Waals surface area contributed by atoms with E-state index in [9.17, 15) is 28.0 Å². The zero-order valence-electron chi connectivity index (χ0n) is 26.1. The van der Waals surface area contributed by atoms with Crippen LogP contribution in [0.5, 0.6) is 0 Å². The summed E-state index contributed by atoms with van der Waals surface area (Å²) in [6, 6.07) is 9.20. The Hall–Kier alpha value is -4.06. The fourth-order valence-corrected chi connectivity index (χ4v) is 7.33. The van der Waals surface area contributed by atoms with Gasteiger partial charge < -0.3 is 30.2 Å². The van der Waals surface area contributed by atoms with Crippen LogP contribution in [-0.4, -0.2) is 101 Å². The average molecular weight is 637 g/mol. The molecule has 0 aromatic heterocycles. The van der Waals surface area contributed by atoms with Gasteiger partial charge in [0.15, 0.2) is 0 Å². The van der Waals surface area contributed by atoms with Gasteiger partial charge in [0.25, 0.3) is 5.91 Å². The van der Waals surface area contributed by atoms with Crippen molar-refractivity contribution in [2.24, 2.45) is 0 Å². The molecule has 12 heteroatoms. The van der Waals surface area contributed by atoms with E-state index < -0.39 is 23.6 Å². The van der Waals surface area contributed by atoms with Crippen LogP contribution in [0.15, 0.2) is 42.5 Å². The molecule has 4 aliphatic heterocycles. The predicted molar refractivity (Wildman–Crippen MR) is 168 cm³/mol. The van der Waals surface area contributed by atoms with Gasteiger partial charge in [-0.1, -0.05) is 24.6 Å². The standard InChI is InChI=1S/C34H42F2N6O4/c35-25-18-24(19-26(36)20-25)32(44)37-30(33(45)41-16-8-27(9-17-41)39-12-4-1-5-13-39)21-31(43)40-14-10-28(11-15-40)42-22-23-6-2-3-7-29(23)38-34(42)46/h2-3,6-7,18-20,27-28,30H,1,4-5,8-17,21-22H2,(H,37,44)(H,38,46)/t30-/m0/s1. The first-order valence-corrected chi connectivity index (χ1v) is 16.5. The molecule has 4 aliphatic rings. The third-order valence-corrected chi connectivity index (χ3v) is 9.91. The fourth-order valence-electron chi connectivity index (χ4n) is 7.33. The largest absolute Gasteiger partial charge is 0.342 e. The van der Waals surface area contributed by atoms with Gasteiger partial charge in [0.2, 0.25) is 11.8 Å². The lowest BCUT2D eigenvalue weighted by molar-refractivity contribution is -0.140. The molecular formula is C34H42F2N6O4. The molecule has 46 heavy (non-hydrogen) atoms. The van der Waals surface area contributed by atoms with Crippen molar-refractivity contribution in [2.45, 2.75) is 76.0 Å². The van der Waals surface area contributed by atoms with E-state index >= 15 is 0 Å². The SMILES string of the molecule is O=C(N[C@@H](CC(=O)N1CCC(N2Cc3ccccc3NC2=O)CC1)C(=O)N1CCC(N2CCCCC2)CC1)c1cc(F)cc(F)c1. The molecule has 0 unspecified atom stereocenters. The van der Waals surface area contributed by atoms with Crippen molar-refractivity contribution in [3.8, 4) is 0 Å². The molecule has 4 heterocycles. The van der Waals surface area contributed by atoms with E-state index in [1.165, 1.54) is 19.3 Å². The summed E-state index contributed by atoms with van der Waals surface area (Å²) in [5.41, 5.74) is 1.59. The molecule has 2 N–H and O–H groups in total. The summed E-state index contributed by atoms with van der Waals surface area (Å²) in [6.07, 6.45) is 6.15. The Labute approximate surface area is 268 Å². The van der Waals surface area contributed by atoms with Crippen molar-refractivity contribution in [1.29, 1.82) is 0 Å². The number of para-hydroxylation sites is 1. The van der Waals surface area contributed by atoms with Gasteiger partial charge in [-0.2, -0.15) is 0 Å². The van der Waals surface area contributed by atoms with Gasteiger partial charge in [0, 0.05) is 62.1 Å². The number of amides is 5. The minimum absolute atomic E-state index is 0.0430. The normalized spacial score (nSPS) is 20.6. The maximum atomic E-state index is 13.9. The monoisotopic (exact) mass is 636 g/mol. The van der Waals surface area contributed by atoms with Crippen LogP contribution in [0, 0.1) is 11.6 Å². The Morgan fingerprint density at radius 3 is 2.15 bits per heavy atom. The van der Waals surface area contributed by atoms with E-state index in [0.29, 0.717) is 57.7 Å². The van der Waals surface area contributed by atoms with Crippen molar-refractivity contribution in [3.05, 3.63) is 65.2 Å². The summed E-state index contributed by atoms with van der Waals surface area (Å²) in [4.78, 5) is 61.0. The molecule has 2 aromatic rings. The number of halogens is 2. The molecule has 246 valence electrons. The number of piperidine rings is 3. The number of hydrogen-bond donors (Lipinski definition) is 2. The molecule has 10 nitrogen and oxygen atoms in total. The second kappa shape index (κ2) is 14.1. The van der Waals surface area contributed by atoms with Gasteiger partial charge in [0.1, 0.15) is 17.7 Å². The summed E-state index contributed by atoms with van der Waals surface area (Å²) in [7, 11) is 0. The van der Waals surface area contributed by atoms with E-state index in [2.05, 4.69) is 15.5 Å². The minimum atomic E-state index is -1.18. The molecular weight excluding hydrogens is 594 g/mol. The molecule has 0 radical (unpaired) electrons. The van der Waals surface area contributed by atoms with E-state index in [-0.39, 0.29) is 35.9 Å². The van der Waals surface area contributed by atoms with Crippen molar-refractivity contribution >= 4 is 29.4 Å². The highest BCUT2D eigenvalue weighted by Crippen LogP contribution is 2.28. The number of hydrogen-bond acceptors (Lipinski definition) is 5. The minimum Gasteiger partial charge on any atom is -0.342 e. The highest BCUT2D eigenvalue weighted by molar-refractivity contribution is 5.99. The quantitative estimate of drug-likeness (QED) is 0.479. The molecule has 0 spiro atoms. The first kappa shape index (κ1) is 31.9. The third kappa shape index (κ3) is 7.32. The van der Waals surface area contributed by atoms with E-state index in [4.69, 9.17) is 0 Å². The van der Waals surface area contributed by atoms with Crippen molar-refractivity contribution in [3.63, 3.8) is 0 Å². The molecule has 1 atom stereocenters. The summed E-state index contributed by atoms with van der Waals surface area (Å²) >= 11 is 0. The topological polar surface area (TPSA) is 105 Å². The van der Waals surface area contributed by atoms with E-state index in [1.54, 1.807) is 9.80 Å². The number of nitrogens with zero attached hydrogens (tertiary/aromatic N) is 4. The molecule has 3 fully saturated rings. The highest BCUT2D eigenvalue weighted by Gasteiger charge is 2.36. The van der Waals surface area contributed by atoms with Gasteiger partial charge in [-0.3, -0.25) is 14.4 Å².